The lowest BCUT2D eigenvalue weighted by molar-refractivity contribution is -0.0155. The molecule has 0 saturated carbocycles. The van der Waals surface area contributed by atoms with E-state index in [2.05, 4.69) is 6.58 Å². The van der Waals surface area contributed by atoms with Gasteiger partial charge in [0.1, 0.15) is 0 Å². The summed E-state index contributed by atoms with van der Waals surface area (Å²) in [4.78, 5) is 0. The van der Waals surface area contributed by atoms with Crippen LogP contribution in [0.3, 0.4) is 0 Å². The third-order valence-corrected chi connectivity index (χ3v) is 2.43. The maximum atomic E-state index is 9.15. The van der Waals surface area contributed by atoms with E-state index in [0.29, 0.717) is 0 Å². The molecule has 1 aliphatic rings. The second kappa shape index (κ2) is 3.58. The highest BCUT2D eigenvalue weighted by molar-refractivity contribution is 4.98. The average Bonchev–Trinajstić information content (AvgIpc) is 2.32. The van der Waals surface area contributed by atoms with E-state index in [1.165, 1.54) is 0 Å². The van der Waals surface area contributed by atoms with Gasteiger partial charge in [0.15, 0.2) is 0 Å². The number of rotatable bonds is 3. The molecule has 12 heavy (non-hydrogen) atoms. The summed E-state index contributed by atoms with van der Waals surface area (Å²) in [6.07, 6.45) is 4.61. The standard InChI is InChI=1S/C10H18O2/c1-4-10(3)6-5-9(12-10)7-8(2)11/h4,8-9,11H,1,5-7H2,2-3H3. The predicted octanol–water partition coefficient (Wildman–Crippen LogP) is 1.88. The molecule has 0 radical (unpaired) electrons. The van der Waals surface area contributed by atoms with Crippen LogP contribution in [0.1, 0.15) is 33.1 Å². The minimum Gasteiger partial charge on any atom is -0.393 e. The quantitative estimate of drug-likeness (QED) is 0.655. The van der Waals surface area contributed by atoms with Crippen LogP contribution in [0.2, 0.25) is 0 Å². The van der Waals surface area contributed by atoms with Crippen LogP contribution in [0.25, 0.3) is 0 Å². The molecule has 1 aliphatic heterocycles. The molecule has 0 aromatic rings. The molecule has 70 valence electrons. The Hall–Kier alpha value is -0.340. The van der Waals surface area contributed by atoms with Crippen LogP contribution in [-0.2, 0) is 4.74 Å². The summed E-state index contributed by atoms with van der Waals surface area (Å²) in [6.45, 7) is 7.58. The molecule has 3 atom stereocenters. The molecule has 0 amide bonds. The van der Waals surface area contributed by atoms with Gasteiger partial charge in [-0.1, -0.05) is 6.08 Å². The van der Waals surface area contributed by atoms with Crippen molar-refractivity contribution in [3.05, 3.63) is 12.7 Å². The first-order valence-electron chi connectivity index (χ1n) is 4.55. The van der Waals surface area contributed by atoms with Crippen LogP contribution < -0.4 is 0 Å². The number of aliphatic hydroxyl groups excluding tert-OH is 1. The van der Waals surface area contributed by atoms with Gasteiger partial charge in [-0.25, -0.2) is 0 Å². The Labute approximate surface area is 74.2 Å². The maximum absolute atomic E-state index is 9.15. The SMILES string of the molecule is C=CC1(C)CCC(CC(C)O)O1. The van der Waals surface area contributed by atoms with Gasteiger partial charge in [-0.3, -0.25) is 0 Å². The predicted molar refractivity (Wildman–Crippen MR) is 49.0 cm³/mol. The van der Waals surface area contributed by atoms with Gasteiger partial charge in [0.05, 0.1) is 17.8 Å². The zero-order valence-electron chi connectivity index (χ0n) is 7.92. The van der Waals surface area contributed by atoms with Gasteiger partial charge in [0.2, 0.25) is 0 Å². The van der Waals surface area contributed by atoms with Gasteiger partial charge in [-0.05, 0) is 33.1 Å². The first-order valence-corrected chi connectivity index (χ1v) is 4.55. The van der Waals surface area contributed by atoms with Crippen LogP contribution >= 0.6 is 0 Å². The molecule has 1 N–H and O–H groups in total. The molecular weight excluding hydrogens is 152 g/mol. The van der Waals surface area contributed by atoms with Crippen LogP contribution in [0.5, 0.6) is 0 Å². The van der Waals surface area contributed by atoms with E-state index in [1.807, 2.05) is 13.0 Å². The van der Waals surface area contributed by atoms with E-state index in [1.54, 1.807) is 6.92 Å². The minimum absolute atomic E-state index is 0.153. The van der Waals surface area contributed by atoms with E-state index < -0.39 is 0 Å². The van der Waals surface area contributed by atoms with Gasteiger partial charge < -0.3 is 9.84 Å². The molecule has 1 rings (SSSR count). The van der Waals surface area contributed by atoms with Gasteiger partial charge in [0.25, 0.3) is 0 Å². The summed E-state index contributed by atoms with van der Waals surface area (Å²) in [5, 5.41) is 9.15. The highest BCUT2D eigenvalue weighted by Crippen LogP contribution is 2.32. The van der Waals surface area contributed by atoms with Crippen molar-refractivity contribution in [2.45, 2.75) is 50.9 Å². The van der Waals surface area contributed by atoms with E-state index in [4.69, 9.17) is 9.84 Å². The highest BCUT2D eigenvalue weighted by Gasteiger charge is 2.33. The largest absolute Gasteiger partial charge is 0.393 e. The lowest BCUT2D eigenvalue weighted by Gasteiger charge is -2.20. The second-order valence-electron chi connectivity index (χ2n) is 3.88. The zero-order chi connectivity index (χ0) is 9.19. The molecule has 1 fully saturated rings. The Bertz CT molecular complexity index is 165. The summed E-state index contributed by atoms with van der Waals surface area (Å²) in [5.41, 5.74) is -0.153. The van der Waals surface area contributed by atoms with Crippen molar-refractivity contribution < 1.29 is 9.84 Å². The molecule has 2 nitrogen and oxygen atoms in total. The fraction of sp³-hybridized carbons (Fsp3) is 0.800. The molecular formula is C10H18O2. The van der Waals surface area contributed by atoms with Gasteiger partial charge >= 0.3 is 0 Å². The second-order valence-corrected chi connectivity index (χ2v) is 3.88. The Morgan fingerprint density at radius 1 is 1.83 bits per heavy atom. The molecule has 0 aromatic heterocycles. The molecule has 0 aliphatic carbocycles. The maximum Gasteiger partial charge on any atom is 0.0836 e. The van der Waals surface area contributed by atoms with Crippen LogP contribution in [0.15, 0.2) is 12.7 Å². The van der Waals surface area contributed by atoms with Crippen molar-refractivity contribution in [2.75, 3.05) is 0 Å². The topological polar surface area (TPSA) is 29.5 Å². The van der Waals surface area contributed by atoms with Gasteiger partial charge in [-0.15, -0.1) is 6.58 Å². The molecule has 1 saturated heterocycles. The molecule has 2 heteroatoms. The smallest absolute Gasteiger partial charge is 0.0836 e. The van der Waals surface area contributed by atoms with Crippen LogP contribution in [0, 0.1) is 0 Å². The van der Waals surface area contributed by atoms with E-state index in [0.717, 1.165) is 19.3 Å². The number of ether oxygens (including phenoxy) is 1. The lowest BCUT2D eigenvalue weighted by Crippen LogP contribution is -2.23. The minimum atomic E-state index is -0.262. The number of hydrogen-bond donors (Lipinski definition) is 1. The van der Waals surface area contributed by atoms with Crippen LogP contribution in [0.4, 0.5) is 0 Å². The van der Waals surface area contributed by atoms with Crippen molar-refractivity contribution in [3.8, 4) is 0 Å². The van der Waals surface area contributed by atoms with E-state index in [9.17, 15) is 0 Å². The molecule has 1 heterocycles. The number of aliphatic hydroxyl groups is 1. The van der Waals surface area contributed by atoms with Crippen molar-refractivity contribution in [1.29, 1.82) is 0 Å². The third kappa shape index (κ3) is 2.32. The van der Waals surface area contributed by atoms with Crippen molar-refractivity contribution >= 4 is 0 Å². The Morgan fingerprint density at radius 2 is 2.50 bits per heavy atom. The number of hydrogen-bond acceptors (Lipinski definition) is 2. The molecule has 3 unspecified atom stereocenters. The normalized spacial score (nSPS) is 38.1. The van der Waals surface area contributed by atoms with Gasteiger partial charge in [0, 0.05) is 0 Å². The van der Waals surface area contributed by atoms with Crippen molar-refractivity contribution in [1.82, 2.24) is 0 Å². The lowest BCUT2D eigenvalue weighted by atomic mass is 10.0. The fourth-order valence-electron chi connectivity index (χ4n) is 1.64. The molecule has 0 bridgehead atoms. The molecule has 0 aromatic carbocycles. The van der Waals surface area contributed by atoms with Crippen molar-refractivity contribution in [2.24, 2.45) is 0 Å². The Balaban J connectivity index is 2.40. The first-order chi connectivity index (χ1) is 5.56. The van der Waals surface area contributed by atoms with E-state index in [-0.39, 0.29) is 17.8 Å². The summed E-state index contributed by atoms with van der Waals surface area (Å²) < 4.78 is 5.73. The fourth-order valence-corrected chi connectivity index (χ4v) is 1.64. The molecule has 0 spiro atoms. The highest BCUT2D eigenvalue weighted by atomic mass is 16.5. The Morgan fingerprint density at radius 3 is 2.92 bits per heavy atom. The summed E-state index contributed by atoms with van der Waals surface area (Å²) in [5.74, 6) is 0. The summed E-state index contributed by atoms with van der Waals surface area (Å²) >= 11 is 0. The summed E-state index contributed by atoms with van der Waals surface area (Å²) in [6, 6.07) is 0. The third-order valence-electron chi connectivity index (χ3n) is 2.43. The monoisotopic (exact) mass is 170 g/mol. The zero-order valence-corrected chi connectivity index (χ0v) is 7.92. The van der Waals surface area contributed by atoms with Crippen molar-refractivity contribution in [3.63, 3.8) is 0 Å². The van der Waals surface area contributed by atoms with Gasteiger partial charge in [-0.2, -0.15) is 0 Å². The van der Waals surface area contributed by atoms with E-state index >= 15 is 0 Å². The van der Waals surface area contributed by atoms with Crippen LogP contribution in [-0.4, -0.2) is 22.9 Å². The average molecular weight is 170 g/mol. The summed E-state index contributed by atoms with van der Waals surface area (Å²) in [7, 11) is 0. The first kappa shape index (κ1) is 9.75. The Kier molecular flexibility index (Phi) is 2.91.